The molecule has 5 nitrogen and oxygen atoms in total. The Balaban J connectivity index is 1.57. The van der Waals surface area contributed by atoms with Gasteiger partial charge in [0.05, 0.1) is 25.1 Å². The third kappa shape index (κ3) is 5.43. The molecule has 1 aliphatic rings. The number of fused-ring (bicyclic) bond motifs is 1. The van der Waals surface area contributed by atoms with Crippen molar-refractivity contribution in [2.24, 2.45) is 5.92 Å². The van der Waals surface area contributed by atoms with Gasteiger partial charge < -0.3 is 14.8 Å². The van der Waals surface area contributed by atoms with Crippen LogP contribution >= 0.6 is 0 Å². The van der Waals surface area contributed by atoms with E-state index >= 15 is 0 Å². The van der Waals surface area contributed by atoms with Gasteiger partial charge in [-0.3, -0.25) is 9.78 Å². The van der Waals surface area contributed by atoms with Crippen molar-refractivity contribution in [1.82, 2.24) is 4.98 Å². The Morgan fingerprint density at radius 1 is 1.33 bits per heavy atom. The van der Waals surface area contributed by atoms with E-state index in [-0.39, 0.29) is 17.6 Å². The maximum atomic E-state index is 12.4. The normalized spacial score (nSPS) is 15.0. The number of carbonyl (C=O) groups excluding carboxylic acids is 1. The van der Waals surface area contributed by atoms with Crippen molar-refractivity contribution in [2.45, 2.75) is 32.7 Å². The molecule has 1 amide bonds. The van der Waals surface area contributed by atoms with Gasteiger partial charge in [-0.1, -0.05) is 19.1 Å². The number of ether oxygens (including phenoxy) is 2. The van der Waals surface area contributed by atoms with Crippen molar-refractivity contribution in [3.63, 3.8) is 0 Å². The van der Waals surface area contributed by atoms with Gasteiger partial charge in [0.2, 0.25) is 5.91 Å². The Bertz CT molecular complexity index is 807. The fourth-order valence-electron chi connectivity index (χ4n) is 2.85. The number of hydrogen-bond acceptors (Lipinski definition) is 4. The van der Waals surface area contributed by atoms with Crippen LogP contribution in [0.15, 0.2) is 36.5 Å². The Labute approximate surface area is 154 Å². The maximum absolute atomic E-state index is 12.4. The highest BCUT2D eigenvalue weighted by Gasteiger charge is 2.31. The van der Waals surface area contributed by atoms with E-state index in [4.69, 9.17) is 4.74 Å². The van der Waals surface area contributed by atoms with Gasteiger partial charge >= 0.3 is 6.36 Å². The van der Waals surface area contributed by atoms with E-state index in [1.807, 2.05) is 6.07 Å². The predicted octanol–water partition coefficient (Wildman–Crippen LogP) is 3.87. The standard InChI is InChI=1S/C19H19F3N2O3/c1-12(8-13-2-4-16(5-3-13)27-19(20,21)22)18(25)24-15-9-14-11-26-7-6-17(14)23-10-15/h2-5,9-10,12H,6-8,11H2,1H3,(H,24,25). The summed E-state index contributed by atoms with van der Waals surface area (Å²) in [5.74, 6) is -0.846. The molecule has 0 aliphatic carbocycles. The number of anilines is 1. The van der Waals surface area contributed by atoms with E-state index in [0.717, 1.165) is 23.2 Å². The van der Waals surface area contributed by atoms with Gasteiger partial charge in [-0.25, -0.2) is 0 Å². The van der Waals surface area contributed by atoms with Crippen molar-refractivity contribution in [2.75, 3.05) is 11.9 Å². The summed E-state index contributed by atoms with van der Waals surface area (Å²) in [7, 11) is 0. The average molecular weight is 380 g/mol. The van der Waals surface area contributed by atoms with Gasteiger partial charge in [-0.15, -0.1) is 13.2 Å². The Morgan fingerprint density at radius 3 is 2.78 bits per heavy atom. The number of rotatable bonds is 5. The first kappa shape index (κ1) is 19.2. The molecule has 8 heteroatoms. The van der Waals surface area contributed by atoms with Crippen LogP contribution in [-0.2, 0) is 29.0 Å². The topological polar surface area (TPSA) is 60.5 Å². The third-order valence-corrected chi connectivity index (χ3v) is 4.21. The molecule has 1 N–H and O–H groups in total. The van der Waals surface area contributed by atoms with Crippen LogP contribution in [0.4, 0.5) is 18.9 Å². The second-order valence-corrected chi connectivity index (χ2v) is 6.42. The van der Waals surface area contributed by atoms with Gasteiger partial charge in [0.1, 0.15) is 5.75 Å². The van der Waals surface area contributed by atoms with Crippen LogP contribution in [0.2, 0.25) is 0 Å². The molecule has 0 spiro atoms. The molecule has 0 bridgehead atoms. The van der Waals surface area contributed by atoms with Crippen molar-refractivity contribution in [1.29, 1.82) is 0 Å². The zero-order chi connectivity index (χ0) is 19.4. The molecular weight excluding hydrogens is 361 g/mol. The average Bonchev–Trinajstić information content (AvgIpc) is 2.62. The van der Waals surface area contributed by atoms with Crippen LogP contribution < -0.4 is 10.1 Å². The Hall–Kier alpha value is -2.61. The largest absolute Gasteiger partial charge is 0.573 e. The van der Waals surface area contributed by atoms with Crippen LogP contribution in [0, 0.1) is 5.92 Å². The molecule has 1 aromatic heterocycles. The number of aromatic nitrogens is 1. The molecule has 0 saturated heterocycles. The van der Waals surface area contributed by atoms with Gasteiger partial charge in [-0.05, 0) is 30.2 Å². The molecule has 2 heterocycles. The smallest absolute Gasteiger partial charge is 0.406 e. The molecule has 144 valence electrons. The predicted molar refractivity (Wildman–Crippen MR) is 92.2 cm³/mol. The van der Waals surface area contributed by atoms with E-state index in [0.29, 0.717) is 25.3 Å². The summed E-state index contributed by atoms with van der Waals surface area (Å²) in [6, 6.07) is 7.36. The number of amides is 1. The van der Waals surface area contributed by atoms with Crippen LogP contribution in [0.25, 0.3) is 0 Å². The molecule has 2 aromatic rings. The van der Waals surface area contributed by atoms with Gasteiger partial charge in [-0.2, -0.15) is 0 Å². The first-order chi connectivity index (χ1) is 12.8. The molecule has 1 unspecified atom stereocenters. The molecule has 1 atom stereocenters. The summed E-state index contributed by atoms with van der Waals surface area (Å²) in [5.41, 5.74) is 3.29. The summed E-state index contributed by atoms with van der Waals surface area (Å²) < 4.78 is 45.8. The zero-order valence-electron chi connectivity index (χ0n) is 14.7. The van der Waals surface area contributed by atoms with Crippen LogP contribution in [-0.4, -0.2) is 23.9 Å². The summed E-state index contributed by atoms with van der Waals surface area (Å²) in [6.07, 6.45) is -1.95. The molecule has 0 fully saturated rings. The zero-order valence-corrected chi connectivity index (χ0v) is 14.7. The van der Waals surface area contributed by atoms with E-state index in [2.05, 4.69) is 15.0 Å². The Morgan fingerprint density at radius 2 is 2.07 bits per heavy atom. The summed E-state index contributed by atoms with van der Waals surface area (Å²) in [5, 5.41) is 2.82. The lowest BCUT2D eigenvalue weighted by Crippen LogP contribution is -2.23. The van der Waals surface area contributed by atoms with Gasteiger partial charge in [0, 0.05) is 23.6 Å². The van der Waals surface area contributed by atoms with Crippen molar-refractivity contribution in [3.05, 3.63) is 53.3 Å². The first-order valence-corrected chi connectivity index (χ1v) is 8.51. The molecule has 3 rings (SSSR count). The molecular formula is C19H19F3N2O3. The molecule has 0 saturated carbocycles. The highest BCUT2D eigenvalue weighted by molar-refractivity contribution is 5.92. The van der Waals surface area contributed by atoms with E-state index in [1.54, 1.807) is 13.1 Å². The second-order valence-electron chi connectivity index (χ2n) is 6.42. The number of benzene rings is 1. The van der Waals surface area contributed by atoms with E-state index in [1.165, 1.54) is 24.3 Å². The van der Waals surface area contributed by atoms with E-state index in [9.17, 15) is 18.0 Å². The fourth-order valence-corrected chi connectivity index (χ4v) is 2.85. The minimum atomic E-state index is -4.72. The number of alkyl halides is 3. The first-order valence-electron chi connectivity index (χ1n) is 8.51. The monoisotopic (exact) mass is 380 g/mol. The lowest BCUT2D eigenvalue weighted by atomic mass is 10.00. The Kier molecular flexibility index (Phi) is 5.65. The minimum Gasteiger partial charge on any atom is -0.406 e. The lowest BCUT2D eigenvalue weighted by Gasteiger charge is -2.17. The SMILES string of the molecule is CC(Cc1ccc(OC(F)(F)F)cc1)C(=O)Nc1cnc2c(c1)COCC2. The summed E-state index contributed by atoms with van der Waals surface area (Å²) >= 11 is 0. The number of carbonyl (C=O) groups is 1. The lowest BCUT2D eigenvalue weighted by molar-refractivity contribution is -0.274. The van der Waals surface area contributed by atoms with Crippen LogP contribution in [0.5, 0.6) is 5.75 Å². The fraction of sp³-hybridized carbons (Fsp3) is 0.368. The number of nitrogens with one attached hydrogen (secondary N) is 1. The number of hydrogen-bond donors (Lipinski definition) is 1. The van der Waals surface area contributed by atoms with Gasteiger partial charge in [0.25, 0.3) is 0 Å². The minimum absolute atomic E-state index is 0.191. The number of nitrogens with zero attached hydrogens (tertiary/aromatic N) is 1. The van der Waals surface area contributed by atoms with Crippen molar-refractivity contribution >= 4 is 11.6 Å². The van der Waals surface area contributed by atoms with Crippen molar-refractivity contribution in [3.8, 4) is 5.75 Å². The highest BCUT2D eigenvalue weighted by Crippen LogP contribution is 2.24. The number of pyridine rings is 1. The maximum Gasteiger partial charge on any atom is 0.573 e. The summed E-state index contributed by atoms with van der Waals surface area (Å²) in [6.45, 7) is 2.88. The van der Waals surface area contributed by atoms with E-state index < -0.39 is 6.36 Å². The number of halogens is 3. The van der Waals surface area contributed by atoms with Gasteiger partial charge in [0.15, 0.2) is 0 Å². The molecule has 1 aliphatic heterocycles. The highest BCUT2D eigenvalue weighted by atomic mass is 19.4. The summed E-state index contributed by atoms with van der Waals surface area (Å²) in [4.78, 5) is 16.7. The molecule has 0 radical (unpaired) electrons. The van der Waals surface area contributed by atoms with Crippen LogP contribution in [0.3, 0.4) is 0 Å². The van der Waals surface area contributed by atoms with Crippen LogP contribution in [0.1, 0.15) is 23.7 Å². The third-order valence-electron chi connectivity index (χ3n) is 4.21. The quantitative estimate of drug-likeness (QED) is 0.856. The second kappa shape index (κ2) is 7.96. The molecule has 1 aromatic carbocycles. The molecule has 27 heavy (non-hydrogen) atoms. The van der Waals surface area contributed by atoms with Crippen molar-refractivity contribution < 1.29 is 27.4 Å².